The fourth-order valence-electron chi connectivity index (χ4n) is 2.95. The Morgan fingerprint density at radius 3 is 2.71 bits per heavy atom. The molecule has 0 atom stereocenters. The molecule has 0 aliphatic heterocycles. The van der Waals surface area contributed by atoms with Gasteiger partial charge in [0, 0.05) is 28.5 Å². The first-order valence-electron chi connectivity index (χ1n) is 8.73. The van der Waals surface area contributed by atoms with Gasteiger partial charge in [-0.25, -0.2) is 0 Å². The number of amides is 1. The molecule has 4 aromatic rings. The molecule has 28 heavy (non-hydrogen) atoms. The third-order valence-corrected chi connectivity index (χ3v) is 4.58. The van der Waals surface area contributed by atoms with Gasteiger partial charge >= 0.3 is 0 Å². The molecule has 1 amide bonds. The predicted molar refractivity (Wildman–Crippen MR) is 113 cm³/mol. The van der Waals surface area contributed by atoms with Crippen molar-refractivity contribution in [1.29, 1.82) is 0 Å². The molecule has 6 heteroatoms. The Bertz CT molecular complexity index is 1170. The van der Waals surface area contributed by atoms with Crippen LogP contribution in [0.2, 0.25) is 5.02 Å². The van der Waals surface area contributed by atoms with Crippen molar-refractivity contribution >= 4 is 45.5 Å². The lowest BCUT2D eigenvalue weighted by molar-refractivity contribution is 0.102. The number of para-hydroxylation sites is 1. The molecule has 2 heterocycles. The van der Waals surface area contributed by atoms with E-state index >= 15 is 0 Å². The zero-order valence-electron chi connectivity index (χ0n) is 15.1. The second-order valence-electron chi connectivity index (χ2n) is 6.38. The average molecular weight is 389 g/mol. The monoisotopic (exact) mass is 388 g/mol. The van der Waals surface area contributed by atoms with E-state index in [-0.39, 0.29) is 5.91 Å². The first-order chi connectivity index (χ1) is 13.6. The number of aromatic nitrogens is 2. The molecule has 0 unspecified atom stereocenters. The number of aryl methyl sites for hydroxylation is 1. The highest BCUT2D eigenvalue weighted by atomic mass is 35.5. The van der Waals surface area contributed by atoms with E-state index in [4.69, 9.17) is 11.6 Å². The fourth-order valence-corrected chi connectivity index (χ4v) is 3.18. The summed E-state index contributed by atoms with van der Waals surface area (Å²) in [4.78, 5) is 21.3. The van der Waals surface area contributed by atoms with Crippen molar-refractivity contribution in [2.45, 2.75) is 6.92 Å². The molecule has 0 aliphatic rings. The summed E-state index contributed by atoms with van der Waals surface area (Å²) in [6, 6.07) is 16.9. The van der Waals surface area contributed by atoms with Crippen LogP contribution in [0.1, 0.15) is 15.9 Å². The minimum atomic E-state index is -0.238. The fraction of sp³-hybridized carbons (Fsp3) is 0.0455. The van der Waals surface area contributed by atoms with E-state index in [2.05, 4.69) is 20.6 Å². The van der Waals surface area contributed by atoms with E-state index in [0.29, 0.717) is 22.0 Å². The molecule has 0 saturated heterocycles. The highest BCUT2D eigenvalue weighted by Gasteiger charge is 2.10. The Kier molecular flexibility index (Phi) is 4.91. The number of halogens is 1. The number of carbonyl (C=O) groups is 1. The van der Waals surface area contributed by atoms with E-state index in [1.54, 1.807) is 36.7 Å². The van der Waals surface area contributed by atoms with Gasteiger partial charge in [0.25, 0.3) is 5.91 Å². The molecule has 2 N–H and O–H groups in total. The lowest BCUT2D eigenvalue weighted by Gasteiger charge is -2.11. The maximum absolute atomic E-state index is 12.6. The maximum atomic E-state index is 12.6. The molecule has 0 spiro atoms. The van der Waals surface area contributed by atoms with Crippen LogP contribution in [0.3, 0.4) is 0 Å². The Morgan fingerprint density at radius 2 is 1.86 bits per heavy atom. The SMILES string of the molecule is Cc1cc(Cl)ccc1NC(=O)c1cncc(Nc2cccc3cccnc23)c1. The minimum absolute atomic E-state index is 0.238. The van der Waals surface area contributed by atoms with Gasteiger partial charge in [0.05, 0.1) is 28.7 Å². The molecule has 138 valence electrons. The van der Waals surface area contributed by atoms with Crippen LogP contribution < -0.4 is 10.6 Å². The smallest absolute Gasteiger partial charge is 0.257 e. The molecule has 0 aliphatic carbocycles. The molecule has 0 bridgehead atoms. The number of hydrogen-bond acceptors (Lipinski definition) is 4. The largest absolute Gasteiger partial charge is 0.352 e. The van der Waals surface area contributed by atoms with Gasteiger partial charge in [0.1, 0.15) is 0 Å². The molecule has 0 fully saturated rings. The molecule has 0 radical (unpaired) electrons. The van der Waals surface area contributed by atoms with Gasteiger partial charge in [-0.3, -0.25) is 14.8 Å². The highest BCUT2D eigenvalue weighted by Crippen LogP contribution is 2.25. The summed E-state index contributed by atoms with van der Waals surface area (Å²) in [5.74, 6) is -0.238. The summed E-state index contributed by atoms with van der Waals surface area (Å²) in [7, 11) is 0. The van der Waals surface area contributed by atoms with Gasteiger partial charge in [-0.2, -0.15) is 0 Å². The standard InChI is InChI=1S/C22H17ClN4O/c1-14-10-17(23)7-8-19(14)27-22(28)16-11-18(13-24-12-16)26-20-6-2-4-15-5-3-9-25-21(15)20/h2-13,26H,1H3,(H,27,28). The van der Waals surface area contributed by atoms with Crippen LogP contribution in [-0.2, 0) is 0 Å². The molecule has 2 aromatic heterocycles. The molecule has 0 saturated carbocycles. The Labute approximate surface area is 167 Å². The van der Waals surface area contributed by atoms with Gasteiger partial charge in [0.15, 0.2) is 0 Å². The number of fused-ring (bicyclic) bond motifs is 1. The summed E-state index contributed by atoms with van der Waals surface area (Å²) >= 11 is 5.97. The van der Waals surface area contributed by atoms with E-state index in [1.807, 2.05) is 37.3 Å². The lowest BCUT2D eigenvalue weighted by atomic mass is 10.1. The first kappa shape index (κ1) is 17.9. The van der Waals surface area contributed by atoms with E-state index < -0.39 is 0 Å². The molecule has 5 nitrogen and oxygen atoms in total. The summed E-state index contributed by atoms with van der Waals surface area (Å²) < 4.78 is 0. The van der Waals surface area contributed by atoms with Gasteiger partial charge in [-0.05, 0) is 48.9 Å². The van der Waals surface area contributed by atoms with Crippen LogP contribution in [0.5, 0.6) is 0 Å². The van der Waals surface area contributed by atoms with E-state index in [0.717, 1.165) is 22.2 Å². The van der Waals surface area contributed by atoms with Crippen molar-refractivity contribution in [3.8, 4) is 0 Å². The second-order valence-corrected chi connectivity index (χ2v) is 6.82. The van der Waals surface area contributed by atoms with Crippen LogP contribution in [0.4, 0.5) is 17.1 Å². The summed E-state index contributed by atoms with van der Waals surface area (Å²) in [5.41, 5.74) is 4.48. The van der Waals surface area contributed by atoms with Crippen LogP contribution in [-0.4, -0.2) is 15.9 Å². The Morgan fingerprint density at radius 1 is 1.00 bits per heavy atom. The predicted octanol–water partition coefficient (Wildman–Crippen LogP) is 5.59. The normalized spacial score (nSPS) is 10.6. The van der Waals surface area contributed by atoms with Gasteiger partial charge < -0.3 is 10.6 Å². The molecular weight excluding hydrogens is 372 g/mol. The number of nitrogens with zero attached hydrogens (tertiary/aromatic N) is 2. The topological polar surface area (TPSA) is 66.9 Å². The van der Waals surface area contributed by atoms with Gasteiger partial charge in [0.2, 0.25) is 0 Å². The van der Waals surface area contributed by atoms with Crippen LogP contribution in [0, 0.1) is 6.92 Å². The number of nitrogens with one attached hydrogen (secondary N) is 2. The number of rotatable bonds is 4. The molecular formula is C22H17ClN4O. The van der Waals surface area contributed by atoms with Crippen LogP contribution in [0.25, 0.3) is 10.9 Å². The summed E-state index contributed by atoms with van der Waals surface area (Å²) in [6.45, 7) is 1.89. The van der Waals surface area contributed by atoms with Gasteiger partial charge in [-0.15, -0.1) is 0 Å². The van der Waals surface area contributed by atoms with Gasteiger partial charge in [-0.1, -0.05) is 29.8 Å². The number of carbonyl (C=O) groups excluding carboxylic acids is 1. The Hall–Kier alpha value is -3.44. The number of hydrogen-bond donors (Lipinski definition) is 2. The highest BCUT2D eigenvalue weighted by molar-refractivity contribution is 6.30. The van der Waals surface area contributed by atoms with Crippen molar-refractivity contribution < 1.29 is 4.79 Å². The van der Waals surface area contributed by atoms with Crippen molar-refractivity contribution in [3.63, 3.8) is 0 Å². The summed E-state index contributed by atoms with van der Waals surface area (Å²) in [6.07, 6.45) is 4.96. The third kappa shape index (κ3) is 3.80. The van der Waals surface area contributed by atoms with Crippen molar-refractivity contribution in [2.75, 3.05) is 10.6 Å². The minimum Gasteiger partial charge on any atom is -0.352 e. The second kappa shape index (κ2) is 7.66. The number of benzene rings is 2. The number of pyridine rings is 2. The average Bonchev–Trinajstić information content (AvgIpc) is 2.70. The van der Waals surface area contributed by atoms with Crippen LogP contribution in [0.15, 0.2) is 73.2 Å². The van der Waals surface area contributed by atoms with E-state index in [9.17, 15) is 4.79 Å². The van der Waals surface area contributed by atoms with Crippen molar-refractivity contribution in [1.82, 2.24) is 9.97 Å². The number of anilines is 3. The van der Waals surface area contributed by atoms with Crippen molar-refractivity contribution in [2.24, 2.45) is 0 Å². The Balaban J connectivity index is 1.58. The zero-order chi connectivity index (χ0) is 19.5. The molecule has 4 rings (SSSR count). The maximum Gasteiger partial charge on any atom is 0.257 e. The third-order valence-electron chi connectivity index (χ3n) is 4.35. The summed E-state index contributed by atoms with van der Waals surface area (Å²) in [5, 5.41) is 7.87. The molecule has 2 aromatic carbocycles. The zero-order valence-corrected chi connectivity index (χ0v) is 15.9. The quantitative estimate of drug-likeness (QED) is 0.478. The van der Waals surface area contributed by atoms with Crippen molar-refractivity contribution in [3.05, 3.63) is 89.3 Å². The van der Waals surface area contributed by atoms with Crippen LogP contribution >= 0.6 is 11.6 Å². The lowest BCUT2D eigenvalue weighted by Crippen LogP contribution is -2.13. The van der Waals surface area contributed by atoms with E-state index in [1.165, 1.54) is 6.20 Å². The first-order valence-corrected chi connectivity index (χ1v) is 9.11.